The Bertz CT molecular complexity index is 823. The molecule has 0 unspecified atom stereocenters. The number of hydrogen-bond acceptors (Lipinski definition) is 2. The van der Waals surface area contributed by atoms with Crippen LogP contribution in [-0.2, 0) is 6.54 Å². The first kappa shape index (κ1) is 13.1. The van der Waals surface area contributed by atoms with E-state index in [0.29, 0.717) is 16.6 Å². The van der Waals surface area contributed by atoms with Gasteiger partial charge in [-0.3, -0.25) is 0 Å². The van der Waals surface area contributed by atoms with Crippen LogP contribution in [0.5, 0.6) is 0 Å². The molecule has 102 valence electrons. The average Bonchev–Trinajstić information content (AvgIpc) is 2.79. The number of anilines is 1. The van der Waals surface area contributed by atoms with E-state index in [1.165, 1.54) is 0 Å². The number of hydrogen-bond donors (Lipinski definition) is 3. The third kappa shape index (κ3) is 2.66. The average molecular weight is 308 g/mol. The third-order valence-corrected chi connectivity index (χ3v) is 3.61. The minimum absolute atomic E-state index is 0.213. The monoisotopic (exact) mass is 307 g/mol. The second kappa shape index (κ2) is 5.23. The molecule has 6 heteroatoms. The standard InChI is InChI=1S/C14H11Cl2N3O/c15-9-1-3-11(16)8(5-9)7-17-10-2-4-12-13(6-10)19-14(20)18-12/h1-6,17H,7H2,(H2,18,19,20). The largest absolute Gasteiger partial charge is 0.381 e. The van der Waals surface area contributed by atoms with Crippen molar-refractivity contribution in [1.29, 1.82) is 0 Å². The van der Waals surface area contributed by atoms with Crippen LogP contribution in [0.2, 0.25) is 10.0 Å². The van der Waals surface area contributed by atoms with Gasteiger partial charge in [0.2, 0.25) is 0 Å². The highest BCUT2D eigenvalue weighted by Crippen LogP contribution is 2.22. The molecule has 0 amide bonds. The Kier molecular flexibility index (Phi) is 3.42. The van der Waals surface area contributed by atoms with E-state index < -0.39 is 0 Å². The van der Waals surface area contributed by atoms with E-state index in [-0.39, 0.29) is 5.69 Å². The van der Waals surface area contributed by atoms with Crippen molar-refractivity contribution < 1.29 is 0 Å². The molecule has 20 heavy (non-hydrogen) atoms. The molecule has 0 saturated heterocycles. The highest BCUT2D eigenvalue weighted by Gasteiger charge is 2.03. The van der Waals surface area contributed by atoms with Crippen LogP contribution in [0.3, 0.4) is 0 Å². The molecule has 0 aliphatic rings. The number of H-pyrrole nitrogens is 2. The number of benzene rings is 2. The Morgan fingerprint density at radius 2 is 1.80 bits per heavy atom. The summed E-state index contributed by atoms with van der Waals surface area (Å²) in [5.41, 5.74) is 3.14. The molecule has 0 aliphatic carbocycles. The van der Waals surface area contributed by atoms with Crippen LogP contribution in [0.15, 0.2) is 41.2 Å². The maximum absolute atomic E-state index is 11.2. The van der Waals surface area contributed by atoms with Crippen LogP contribution < -0.4 is 11.0 Å². The number of nitrogens with one attached hydrogen (secondary N) is 3. The number of aromatic amines is 2. The van der Waals surface area contributed by atoms with E-state index in [4.69, 9.17) is 23.2 Å². The summed E-state index contributed by atoms with van der Waals surface area (Å²) < 4.78 is 0. The normalized spacial score (nSPS) is 10.9. The quantitative estimate of drug-likeness (QED) is 0.689. The lowest BCUT2D eigenvalue weighted by Gasteiger charge is -2.08. The molecule has 0 aliphatic heterocycles. The van der Waals surface area contributed by atoms with Gasteiger partial charge in [-0.2, -0.15) is 0 Å². The van der Waals surface area contributed by atoms with Gasteiger partial charge in [-0.25, -0.2) is 4.79 Å². The Morgan fingerprint density at radius 3 is 2.65 bits per heavy atom. The predicted octanol–water partition coefficient (Wildman–Crippen LogP) is 3.78. The van der Waals surface area contributed by atoms with Gasteiger partial charge in [0.25, 0.3) is 0 Å². The second-order valence-corrected chi connectivity index (χ2v) is 5.27. The molecule has 0 atom stereocenters. The second-order valence-electron chi connectivity index (χ2n) is 4.43. The summed E-state index contributed by atoms with van der Waals surface area (Å²) in [7, 11) is 0. The van der Waals surface area contributed by atoms with Crippen molar-refractivity contribution in [3.8, 4) is 0 Å². The van der Waals surface area contributed by atoms with E-state index in [0.717, 1.165) is 22.3 Å². The van der Waals surface area contributed by atoms with Crippen molar-refractivity contribution in [3.63, 3.8) is 0 Å². The van der Waals surface area contributed by atoms with E-state index in [2.05, 4.69) is 15.3 Å². The minimum atomic E-state index is -0.213. The highest BCUT2D eigenvalue weighted by atomic mass is 35.5. The molecule has 0 radical (unpaired) electrons. The van der Waals surface area contributed by atoms with E-state index in [9.17, 15) is 4.79 Å². The molecule has 1 aromatic heterocycles. The van der Waals surface area contributed by atoms with Crippen LogP contribution in [0.25, 0.3) is 11.0 Å². The minimum Gasteiger partial charge on any atom is -0.381 e. The van der Waals surface area contributed by atoms with Gasteiger partial charge >= 0.3 is 5.69 Å². The Balaban J connectivity index is 1.82. The molecule has 0 saturated carbocycles. The lowest BCUT2D eigenvalue weighted by atomic mass is 10.2. The van der Waals surface area contributed by atoms with Crippen molar-refractivity contribution in [2.75, 3.05) is 5.32 Å². The number of rotatable bonds is 3. The maximum Gasteiger partial charge on any atom is 0.323 e. The molecule has 3 rings (SSSR count). The lowest BCUT2D eigenvalue weighted by molar-refractivity contribution is 1.15. The fourth-order valence-corrected chi connectivity index (χ4v) is 2.40. The van der Waals surface area contributed by atoms with Gasteiger partial charge in [0.1, 0.15) is 0 Å². The Hall–Kier alpha value is -1.91. The summed E-state index contributed by atoms with van der Waals surface area (Å²) in [5, 5.41) is 4.57. The number of aromatic nitrogens is 2. The number of imidazole rings is 1. The van der Waals surface area contributed by atoms with Gasteiger partial charge in [0, 0.05) is 22.3 Å². The molecule has 3 N–H and O–H groups in total. The van der Waals surface area contributed by atoms with E-state index in [1.54, 1.807) is 12.1 Å². The third-order valence-electron chi connectivity index (χ3n) is 3.01. The summed E-state index contributed by atoms with van der Waals surface area (Å²) in [6.45, 7) is 0.555. The molecular weight excluding hydrogens is 297 g/mol. The first-order valence-electron chi connectivity index (χ1n) is 6.02. The first-order chi connectivity index (χ1) is 9.61. The van der Waals surface area contributed by atoms with Gasteiger partial charge in [-0.15, -0.1) is 0 Å². The van der Waals surface area contributed by atoms with E-state index in [1.807, 2.05) is 24.3 Å². The molecule has 1 heterocycles. The van der Waals surface area contributed by atoms with Gasteiger partial charge < -0.3 is 15.3 Å². The van der Waals surface area contributed by atoms with Crippen LogP contribution >= 0.6 is 23.2 Å². The molecule has 0 fully saturated rings. The zero-order valence-corrected chi connectivity index (χ0v) is 11.8. The first-order valence-corrected chi connectivity index (χ1v) is 6.77. The summed E-state index contributed by atoms with van der Waals surface area (Å²) in [5.74, 6) is 0. The lowest BCUT2D eigenvalue weighted by Crippen LogP contribution is -2.00. The molecule has 0 spiro atoms. The van der Waals surface area contributed by atoms with Gasteiger partial charge in [-0.05, 0) is 42.0 Å². The molecule has 4 nitrogen and oxygen atoms in total. The number of halogens is 2. The van der Waals surface area contributed by atoms with Gasteiger partial charge in [0.05, 0.1) is 11.0 Å². The fourth-order valence-electron chi connectivity index (χ4n) is 2.02. The maximum atomic E-state index is 11.2. The topological polar surface area (TPSA) is 60.7 Å². The van der Waals surface area contributed by atoms with Gasteiger partial charge in [0.15, 0.2) is 0 Å². The molecule has 2 aromatic carbocycles. The van der Waals surface area contributed by atoms with Gasteiger partial charge in [-0.1, -0.05) is 23.2 Å². The fraction of sp³-hybridized carbons (Fsp3) is 0.0714. The Labute approximate surface area is 124 Å². The number of fused-ring (bicyclic) bond motifs is 1. The zero-order chi connectivity index (χ0) is 14.1. The van der Waals surface area contributed by atoms with Crippen molar-refractivity contribution in [2.24, 2.45) is 0 Å². The van der Waals surface area contributed by atoms with Crippen LogP contribution in [0.4, 0.5) is 5.69 Å². The molecular formula is C14H11Cl2N3O. The molecule has 0 bridgehead atoms. The van der Waals surface area contributed by atoms with Crippen molar-refractivity contribution >= 4 is 39.9 Å². The van der Waals surface area contributed by atoms with Crippen LogP contribution in [0.1, 0.15) is 5.56 Å². The highest BCUT2D eigenvalue weighted by molar-refractivity contribution is 6.33. The summed E-state index contributed by atoms with van der Waals surface area (Å²) in [6, 6.07) is 11.0. The summed E-state index contributed by atoms with van der Waals surface area (Å²) in [4.78, 5) is 16.6. The zero-order valence-electron chi connectivity index (χ0n) is 10.3. The smallest absolute Gasteiger partial charge is 0.323 e. The summed E-state index contributed by atoms with van der Waals surface area (Å²) >= 11 is 12.1. The van der Waals surface area contributed by atoms with E-state index >= 15 is 0 Å². The van der Waals surface area contributed by atoms with Crippen molar-refractivity contribution in [3.05, 3.63) is 62.5 Å². The van der Waals surface area contributed by atoms with Crippen molar-refractivity contribution in [2.45, 2.75) is 6.54 Å². The predicted molar refractivity (Wildman–Crippen MR) is 82.7 cm³/mol. The summed E-state index contributed by atoms with van der Waals surface area (Å²) in [6.07, 6.45) is 0. The van der Waals surface area contributed by atoms with Crippen LogP contribution in [0, 0.1) is 0 Å². The van der Waals surface area contributed by atoms with Crippen LogP contribution in [-0.4, -0.2) is 9.97 Å². The van der Waals surface area contributed by atoms with Crippen molar-refractivity contribution in [1.82, 2.24) is 9.97 Å². The molecule has 3 aromatic rings. The Morgan fingerprint density at radius 1 is 1.00 bits per heavy atom. The SMILES string of the molecule is O=c1[nH]c2ccc(NCc3cc(Cl)ccc3Cl)cc2[nH]1.